The molecule has 4 nitrogen and oxygen atoms in total. The molecule has 0 fully saturated rings. The van der Waals surface area contributed by atoms with Crippen LogP contribution in [0.4, 0.5) is 4.39 Å². The molecule has 0 aliphatic heterocycles. The van der Waals surface area contributed by atoms with E-state index in [4.69, 9.17) is 4.74 Å². The number of pyridine rings is 1. The molecule has 5 heteroatoms. The highest BCUT2D eigenvalue weighted by Gasteiger charge is 2.20. The van der Waals surface area contributed by atoms with E-state index in [1.807, 2.05) is 13.8 Å². The molecule has 27 heavy (non-hydrogen) atoms. The van der Waals surface area contributed by atoms with Crippen LogP contribution in [0.3, 0.4) is 0 Å². The number of aromatic nitrogens is 1. The Labute approximate surface area is 157 Å². The first-order chi connectivity index (χ1) is 13.0. The van der Waals surface area contributed by atoms with Gasteiger partial charge in [0.2, 0.25) is 0 Å². The van der Waals surface area contributed by atoms with Crippen LogP contribution in [-0.4, -0.2) is 18.1 Å². The third kappa shape index (κ3) is 3.52. The maximum atomic E-state index is 14.6. The monoisotopic (exact) mass is 362 g/mol. The lowest BCUT2D eigenvalue weighted by atomic mass is 9.91. The van der Waals surface area contributed by atoms with Crippen molar-refractivity contribution in [1.29, 1.82) is 5.26 Å². The highest BCUT2D eigenvalue weighted by atomic mass is 19.1. The van der Waals surface area contributed by atoms with E-state index in [1.165, 1.54) is 13.2 Å². The minimum Gasteiger partial charge on any atom is -0.465 e. The van der Waals surface area contributed by atoms with E-state index in [-0.39, 0.29) is 5.92 Å². The van der Waals surface area contributed by atoms with Crippen molar-refractivity contribution in [2.45, 2.75) is 20.3 Å². The van der Waals surface area contributed by atoms with Gasteiger partial charge in [-0.25, -0.2) is 9.18 Å². The zero-order valence-corrected chi connectivity index (χ0v) is 15.4. The van der Waals surface area contributed by atoms with E-state index in [2.05, 4.69) is 11.1 Å². The molecule has 3 aromatic rings. The van der Waals surface area contributed by atoms with Crippen LogP contribution in [-0.2, 0) is 11.2 Å². The van der Waals surface area contributed by atoms with Crippen LogP contribution in [0.15, 0.2) is 42.5 Å². The van der Waals surface area contributed by atoms with Crippen LogP contribution in [0.5, 0.6) is 0 Å². The van der Waals surface area contributed by atoms with Gasteiger partial charge >= 0.3 is 5.97 Å². The second kappa shape index (κ2) is 7.55. The lowest BCUT2D eigenvalue weighted by molar-refractivity contribution is 0.0601. The summed E-state index contributed by atoms with van der Waals surface area (Å²) in [7, 11) is 1.30. The molecule has 136 valence electrons. The summed E-state index contributed by atoms with van der Waals surface area (Å²) in [5.41, 5.74) is 2.67. The molecule has 1 heterocycles. The largest absolute Gasteiger partial charge is 0.465 e. The minimum atomic E-state index is -0.499. The van der Waals surface area contributed by atoms with Crippen LogP contribution in [0.2, 0.25) is 0 Å². The first-order valence-corrected chi connectivity index (χ1v) is 8.66. The van der Waals surface area contributed by atoms with E-state index in [1.54, 1.807) is 36.4 Å². The number of benzene rings is 2. The summed E-state index contributed by atoms with van der Waals surface area (Å²) in [6, 6.07) is 13.5. The summed E-state index contributed by atoms with van der Waals surface area (Å²) in [5, 5.41) is 10.4. The average Bonchev–Trinajstić information content (AvgIpc) is 2.66. The molecular formula is C22H19FN2O2. The number of carbonyl (C=O) groups excluding carboxylic acids is 1. The fraction of sp³-hybridized carbons (Fsp3) is 0.227. The Balaban J connectivity index is 2.43. The number of halogens is 1. The molecule has 0 saturated heterocycles. The lowest BCUT2D eigenvalue weighted by Gasteiger charge is -2.15. The molecule has 0 N–H and O–H groups in total. The molecule has 0 spiro atoms. The topological polar surface area (TPSA) is 63.0 Å². The normalized spacial score (nSPS) is 10.8. The highest BCUT2D eigenvalue weighted by molar-refractivity contribution is 6.02. The van der Waals surface area contributed by atoms with Gasteiger partial charge in [0.15, 0.2) is 0 Å². The van der Waals surface area contributed by atoms with Gasteiger partial charge in [0, 0.05) is 16.5 Å². The van der Waals surface area contributed by atoms with Gasteiger partial charge in [-0.3, -0.25) is 4.98 Å². The number of methoxy groups -OCH3 is 1. The number of ether oxygens (including phenoxy) is 1. The number of carbonyl (C=O) groups is 1. The Morgan fingerprint density at radius 3 is 2.63 bits per heavy atom. The van der Waals surface area contributed by atoms with Gasteiger partial charge < -0.3 is 4.74 Å². The average molecular weight is 362 g/mol. The number of rotatable bonds is 4. The van der Waals surface area contributed by atoms with Crippen molar-refractivity contribution in [3.63, 3.8) is 0 Å². The number of fused-ring (bicyclic) bond motifs is 1. The van der Waals surface area contributed by atoms with E-state index < -0.39 is 11.8 Å². The van der Waals surface area contributed by atoms with E-state index in [9.17, 15) is 14.4 Å². The molecular weight excluding hydrogens is 343 g/mol. The van der Waals surface area contributed by atoms with Crippen molar-refractivity contribution in [2.24, 2.45) is 5.92 Å². The van der Waals surface area contributed by atoms with Gasteiger partial charge in [-0.05, 0) is 36.6 Å². The molecule has 0 unspecified atom stereocenters. The Morgan fingerprint density at radius 1 is 1.26 bits per heavy atom. The van der Waals surface area contributed by atoms with Crippen LogP contribution in [0, 0.1) is 23.1 Å². The van der Waals surface area contributed by atoms with Crippen molar-refractivity contribution >= 4 is 16.9 Å². The Morgan fingerprint density at radius 2 is 2.00 bits per heavy atom. The van der Waals surface area contributed by atoms with E-state index in [0.29, 0.717) is 45.3 Å². The molecule has 0 aliphatic rings. The standard InChI is InChI=1S/C22H19FN2O2/c1-13(2)10-20-17(12-24)21(15-6-4-5-7-18(15)23)16-11-14(22(26)27-3)8-9-19(16)25-20/h4-9,11,13H,10H2,1-3H3. The quantitative estimate of drug-likeness (QED) is 0.620. The first-order valence-electron chi connectivity index (χ1n) is 8.66. The molecule has 0 radical (unpaired) electrons. The third-order valence-electron chi connectivity index (χ3n) is 4.34. The maximum Gasteiger partial charge on any atom is 0.337 e. The molecule has 0 amide bonds. The smallest absolute Gasteiger partial charge is 0.337 e. The van der Waals surface area contributed by atoms with Crippen LogP contribution >= 0.6 is 0 Å². The van der Waals surface area contributed by atoms with Gasteiger partial charge in [0.1, 0.15) is 11.9 Å². The first kappa shape index (κ1) is 18.5. The summed E-state index contributed by atoms with van der Waals surface area (Å²) in [6.45, 7) is 4.08. The minimum absolute atomic E-state index is 0.282. The lowest BCUT2D eigenvalue weighted by Crippen LogP contribution is -2.06. The van der Waals surface area contributed by atoms with Crippen molar-refractivity contribution < 1.29 is 13.9 Å². The Kier molecular flexibility index (Phi) is 5.18. The van der Waals surface area contributed by atoms with Crippen LogP contribution in [0.25, 0.3) is 22.0 Å². The number of hydrogen-bond donors (Lipinski definition) is 0. The SMILES string of the molecule is COC(=O)c1ccc2nc(CC(C)C)c(C#N)c(-c3ccccc3F)c2c1. The molecule has 3 rings (SSSR count). The number of hydrogen-bond acceptors (Lipinski definition) is 4. The Hall–Kier alpha value is -3.26. The summed E-state index contributed by atoms with van der Waals surface area (Å²) in [4.78, 5) is 16.6. The molecule has 1 aromatic heterocycles. The van der Waals surface area contributed by atoms with Crippen LogP contribution in [0.1, 0.15) is 35.5 Å². The second-order valence-electron chi connectivity index (χ2n) is 6.72. The predicted molar refractivity (Wildman–Crippen MR) is 102 cm³/mol. The van der Waals surface area contributed by atoms with E-state index in [0.717, 1.165) is 0 Å². The van der Waals surface area contributed by atoms with Gasteiger partial charge in [0.05, 0.1) is 29.4 Å². The zero-order chi connectivity index (χ0) is 19.6. The fourth-order valence-electron chi connectivity index (χ4n) is 3.16. The number of nitrogens with zero attached hydrogens (tertiary/aromatic N) is 2. The fourth-order valence-corrected chi connectivity index (χ4v) is 3.16. The van der Waals surface area contributed by atoms with Gasteiger partial charge in [0.25, 0.3) is 0 Å². The third-order valence-corrected chi connectivity index (χ3v) is 4.34. The van der Waals surface area contributed by atoms with Gasteiger partial charge in [-0.2, -0.15) is 5.26 Å². The summed E-state index contributed by atoms with van der Waals surface area (Å²) in [5.74, 6) is -0.647. The molecule has 2 aromatic carbocycles. The molecule has 0 atom stereocenters. The molecule has 0 saturated carbocycles. The molecule has 0 bridgehead atoms. The summed E-state index contributed by atoms with van der Waals surface area (Å²) < 4.78 is 19.4. The van der Waals surface area contributed by atoms with Gasteiger partial charge in [-0.15, -0.1) is 0 Å². The zero-order valence-electron chi connectivity index (χ0n) is 15.4. The predicted octanol–water partition coefficient (Wildman–Crippen LogP) is 4.90. The summed E-state index contributed by atoms with van der Waals surface area (Å²) in [6.07, 6.45) is 0.596. The van der Waals surface area contributed by atoms with Crippen molar-refractivity contribution in [3.8, 4) is 17.2 Å². The Bertz CT molecular complexity index is 1070. The second-order valence-corrected chi connectivity index (χ2v) is 6.72. The van der Waals surface area contributed by atoms with Crippen LogP contribution < -0.4 is 0 Å². The highest BCUT2D eigenvalue weighted by Crippen LogP contribution is 2.35. The van der Waals surface area contributed by atoms with Crippen molar-refractivity contribution in [3.05, 3.63) is 65.1 Å². The van der Waals surface area contributed by atoms with Gasteiger partial charge in [-0.1, -0.05) is 32.0 Å². The summed E-state index contributed by atoms with van der Waals surface area (Å²) >= 11 is 0. The molecule has 0 aliphatic carbocycles. The van der Waals surface area contributed by atoms with E-state index >= 15 is 0 Å². The number of nitriles is 1. The van der Waals surface area contributed by atoms with Crippen molar-refractivity contribution in [2.75, 3.05) is 7.11 Å². The van der Waals surface area contributed by atoms with Crippen molar-refractivity contribution in [1.82, 2.24) is 4.98 Å². The maximum absolute atomic E-state index is 14.6. The number of esters is 1.